The molecule has 24 heavy (non-hydrogen) atoms. The monoisotopic (exact) mass is 363 g/mol. The lowest BCUT2D eigenvalue weighted by molar-refractivity contribution is 0.582. The number of fused-ring (bicyclic) bond motifs is 1. The molecular weight excluding hydrogens is 346 g/mol. The summed E-state index contributed by atoms with van der Waals surface area (Å²) in [6.07, 6.45) is 3.44. The van der Waals surface area contributed by atoms with Crippen molar-refractivity contribution < 1.29 is 8.42 Å². The number of sulfonamides is 1. The Morgan fingerprint density at radius 3 is 2.75 bits per heavy atom. The Morgan fingerprint density at radius 1 is 1.21 bits per heavy atom. The number of nitrogens with one attached hydrogen (secondary N) is 1. The number of benzene rings is 1. The van der Waals surface area contributed by atoms with Crippen LogP contribution in [0.5, 0.6) is 0 Å². The molecule has 7 heteroatoms. The molecule has 0 unspecified atom stereocenters. The molecule has 0 atom stereocenters. The molecule has 0 radical (unpaired) electrons. The fraction of sp³-hybridized carbons (Fsp3) is 0.235. The van der Waals surface area contributed by atoms with E-state index < -0.39 is 10.0 Å². The maximum absolute atomic E-state index is 11.6. The number of pyridine rings is 1. The first kappa shape index (κ1) is 17.0. The normalized spacial score (nSPS) is 12.0. The largest absolute Gasteiger partial charge is 0.344 e. The van der Waals surface area contributed by atoms with Gasteiger partial charge in [-0.3, -0.25) is 4.98 Å². The summed E-state index contributed by atoms with van der Waals surface area (Å²) in [7, 11) is -1.25. The van der Waals surface area contributed by atoms with E-state index in [0.717, 1.165) is 27.7 Å². The smallest absolute Gasteiger partial charge is 0.211 e. The molecular formula is C17H18ClN3O2S. The Balaban J connectivity index is 1.96. The quantitative estimate of drug-likeness (QED) is 0.756. The molecule has 0 saturated carbocycles. The van der Waals surface area contributed by atoms with Crippen LogP contribution in [0.3, 0.4) is 0 Å². The Bertz CT molecular complexity index is 996. The van der Waals surface area contributed by atoms with Crippen LogP contribution in [0.15, 0.2) is 42.7 Å². The Hall–Kier alpha value is -1.89. The van der Waals surface area contributed by atoms with Crippen molar-refractivity contribution in [3.05, 3.63) is 53.3 Å². The van der Waals surface area contributed by atoms with Crippen molar-refractivity contribution in [3.8, 4) is 11.3 Å². The van der Waals surface area contributed by atoms with Crippen molar-refractivity contribution in [2.24, 2.45) is 7.05 Å². The standard InChI is InChI=1S/C17H18ClN3O2S/c1-3-24(22,23)20-10-12-6-14(11-19-9-12)16-7-13-4-5-15(18)8-17(13)21(16)2/h4-9,11,20H,3,10H2,1-2H3. The summed E-state index contributed by atoms with van der Waals surface area (Å²) in [5, 5.41) is 1.78. The fourth-order valence-corrected chi connectivity index (χ4v) is 3.36. The van der Waals surface area contributed by atoms with Crippen LogP contribution in [-0.2, 0) is 23.6 Å². The van der Waals surface area contributed by atoms with Gasteiger partial charge >= 0.3 is 0 Å². The average molecular weight is 364 g/mol. The molecule has 0 amide bonds. The Kier molecular flexibility index (Phi) is 4.62. The van der Waals surface area contributed by atoms with Gasteiger partial charge < -0.3 is 4.57 Å². The highest BCUT2D eigenvalue weighted by atomic mass is 35.5. The second-order valence-corrected chi connectivity index (χ2v) is 8.13. The Morgan fingerprint density at radius 2 is 2.00 bits per heavy atom. The van der Waals surface area contributed by atoms with Crippen molar-refractivity contribution in [3.63, 3.8) is 0 Å². The topological polar surface area (TPSA) is 64.0 Å². The minimum Gasteiger partial charge on any atom is -0.344 e. The number of halogens is 1. The molecule has 0 saturated heterocycles. The molecule has 1 N–H and O–H groups in total. The van der Waals surface area contributed by atoms with E-state index >= 15 is 0 Å². The SMILES string of the molecule is CCS(=O)(=O)NCc1cncc(-c2cc3ccc(Cl)cc3n2C)c1. The number of aromatic nitrogens is 2. The molecule has 0 fully saturated rings. The summed E-state index contributed by atoms with van der Waals surface area (Å²) in [4.78, 5) is 4.24. The molecule has 3 rings (SSSR count). The Labute approximate surface area is 146 Å². The predicted octanol–water partition coefficient (Wildman–Crippen LogP) is 3.33. The van der Waals surface area contributed by atoms with Crippen LogP contribution in [0.1, 0.15) is 12.5 Å². The van der Waals surface area contributed by atoms with Crippen LogP contribution in [0.25, 0.3) is 22.2 Å². The van der Waals surface area contributed by atoms with Gasteiger partial charge in [0.05, 0.1) is 11.4 Å². The third-order valence-electron chi connectivity index (χ3n) is 3.97. The van der Waals surface area contributed by atoms with Crippen LogP contribution >= 0.6 is 11.6 Å². The van der Waals surface area contributed by atoms with E-state index in [1.165, 1.54) is 0 Å². The minimum atomic E-state index is -3.23. The first-order chi connectivity index (χ1) is 11.4. The van der Waals surface area contributed by atoms with Crippen molar-refractivity contribution >= 4 is 32.5 Å². The molecule has 2 aromatic heterocycles. The average Bonchev–Trinajstić information content (AvgIpc) is 2.90. The molecule has 126 valence electrons. The van der Waals surface area contributed by atoms with Gasteiger partial charge in [-0.1, -0.05) is 17.7 Å². The van der Waals surface area contributed by atoms with E-state index in [9.17, 15) is 8.42 Å². The number of nitrogens with zero attached hydrogens (tertiary/aromatic N) is 2. The molecule has 5 nitrogen and oxygen atoms in total. The van der Waals surface area contributed by atoms with Crippen LogP contribution in [0, 0.1) is 0 Å². The highest BCUT2D eigenvalue weighted by molar-refractivity contribution is 7.89. The summed E-state index contributed by atoms with van der Waals surface area (Å²) in [5.41, 5.74) is 3.78. The van der Waals surface area contributed by atoms with Crippen molar-refractivity contribution in [1.29, 1.82) is 0 Å². The number of hydrogen-bond acceptors (Lipinski definition) is 3. The van der Waals surface area contributed by atoms with Gasteiger partial charge in [-0.05, 0) is 36.8 Å². The van der Waals surface area contributed by atoms with Crippen LogP contribution in [-0.4, -0.2) is 23.7 Å². The highest BCUT2D eigenvalue weighted by Gasteiger charge is 2.11. The van der Waals surface area contributed by atoms with Gasteiger partial charge in [0.15, 0.2) is 0 Å². The summed E-state index contributed by atoms with van der Waals surface area (Å²) >= 11 is 6.08. The molecule has 0 bridgehead atoms. The molecule has 2 heterocycles. The van der Waals surface area contributed by atoms with E-state index in [4.69, 9.17) is 11.6 Å². The maximum atomic E-state index is 11.6. The van der Waals surface area contributed by atoms with Crippen molar-refractivity contribution in [1.82, 2.24) is 14.3 Å². The molecule has 0 aliphatic carbocycles. The number of rotatable bonds is 5. The molecule has 0 aliphatic heterocycles. The van der Waals surface area contributed by atoms with Gasteiger partial charge in [0.2, 0.25) is 10.0 Å². The van der Waals surface area contributed by atoms with Gasteiger partial charge in [0.25, 0.3) is 0 Å². The summed E-state index contributed by atoms with van der Waals surface area (Å²) in [6.45, 7) is 1.84. The van der Waals surface area contributed by atoms with E-state index in [1.54, 1.807) is 19.3 Å². The molecule has 0 aliphatic rings. The van der Waals surface area contributed by atoms with Crippen LogP contribution < -0.4 is 4.72 Å². The summed E-state index contributed by atoms with van der Waals surface area (Å²) in [5.74, 6) is 0.0596. The lowest BCUT2D eigenvalue weighted by Gasteiger charge is -2.08. The van der Waals surface area contributed by atoms with Gasteiger partial charge in [0.1, 0.15) is 0 Å². The lowest BCUT2D eigenvalue weighted by Crippen LogP contribution is -2.24. The zero-order valence-electron chi connectivity index (χ0n) is 13.5. The maximum Gasteiger partial charge on any atom is 0.211 e. The molecule has 3 aromatic rings. The van der Waals surface area contributed by atoms with E-state index in [1.807, 2.05) is 31.3 Å². The second-order valence-electron chi connectivity index (χ2n) is 5.60. The molecule has 0 spiro atoms. The first-order valence-corrected chi connectivity index (χ1v) is 9.59. The van der Waals surface area contributed by atoms with Gasteiger partial charge in [0, 0.05) is 47.5 Å². The van der Waals surface area contributed by atoms with E-state index in [2.05, 4.69) is 20.3 Å². The van der Waals surface area contributed by atoms with Crippen molar-refractivity contribution in [2.75, 3.05) is 5.75 Å². The summed E-state index contributed by atoms with van der Waals surface area (Å²) in [6, 6.07) is 9.78. The second kappa shape index (κ2) is 6.55. The van der Waals surface area contributed by atoms with Gasteiger partial charge in [-0.25, -0.2) is 13.1 Å². The lowest BCUT2D eigenvalue weighted by atomic mass is 10.1. The third kappa shape index (κ3) is 3.45. The zero-order chi connectivity index (χ0) is 17.3. The first-order valence-electron chi connectivity index (χ1n) is 7.56. The number of aryl methyl sites for hydroxylation is 1. The van der Waals surface area contributed by atoms with Gasteiger partial charge in [-0.15, -0.1) is 0 Å². The van der Waals surface area contributed by atoms with Crippen LogP contribution in [0.4, 0.5) is 0 Å². The zero-order valence-corrected chi connectivity index (χ0v) is 15.0. The van der Waals surface area contributed by atoms with E-state index in [0.29, 0.717) is 5.02 Å². The third-order valence-corrected chi connectivity index (χ3v) is 5.55. The summed E-state index contributed by atoms with van der Waals surface area (Å²) < 4.78 is 27.8. The van der Waals surface area contributed by atoms with Crippen molar-refractivity contribution in [2.45, 2.75) is 13.5 Å². The highest BCUT2D eigenvalue weighted by Crippen LogP contribution is 2.29. The van der Waals surface area contributed by atoms with Crippen LogP contribution in [0.2, 0.25) is 5.02 Å². The fourth-order valence-electron chi connectivity index (χ4n) is 2.60. The minimum absolute atomic E-state index is 0.0596. The molecule has 1 aromatic carbocycles. The predicted molar refractivity (Wildman–Crippen MR) is 97.5 cm³/mol. The number of hydrogen-bond donors (Lipinski definition) is 1. The van der Waals surface area contributed by atoms with Gasteiger partial charge in [-0.2, -0.15) is 0 Å². The van der Waals surface area contributed by atoms with E-state index in [-0.39, 0.29) is 12.3 Å².